The number of carbonyl (C=O) groups excluding carboxylic acids is 1. The number of hydrogen-bond acceptors (Lipinski definition) is 7. The van der Waals surface area contributed by atoms with Crippen LogP contribution in [0.4, 0.5) is 21.7 Å². The lowest BCUT2D eigenvalue weighted by atomic mass is 10.0. The van der Waals surface area contributed by atoms with Crippen LogP contribution in [0.2, 0.25) is 0 Å². The number of aryl methyl sites for hydroxylation is 1. The number of carbonyl (C=O) groups is 1. The molecule has 200 valence electrons. The number of nitrogens with one attached hydrogen (secondary N) is 1. The van der Waals surface area contributed by atoms with Crippen molar-refractivity contribution in [2.24, 2.45) is 7.05 Å². The van der Waals surface area contributed by atoms with Gasteiger partial charge in [-0.15, -0.1) is 0 Å². The summed E-state index contributed by atoms with van der Waals surface area (Å²) in [6.45, 7) is 4.46. The van der Waals surface area contributed by atoms with E-state index in [9.17, 15) is 14.3 Å². The highest BCUT2D eigenvalue weighted by atomic mass is 19.1. The Hall–Kier alpha value is -4.44. The van der Waals surface area contributed by atoms with Crippen molar-refractivity contribution < 1.29 is 19.0 Å². The van der Waals surface area contributed by atoms with Crippen LogP contribution < -0.4 is 19.9 Å². The van der Waals surface area contributed by atoms with E-state index >= 15 is 0 Å². The van der Waals surface area contributed by atoms with Crippen LogP contribution in [0.5, 0.6) is 5.75 Å². The molecule has 4 heterocycles. The summed E-state index contributed by atoms with van der Waals surface area (Å²) in [7, 11) is 1.85. The van der Waals surface area contributed by atoms with Gasteiger partial charge in [-0.25, -0.2) is 14.4 Å². The van der Waals surface area contributed by atoms with Gasteiger partial charge in [0.15, 0.2) is 11.9 Å². The molecule has 1 fully saturated rings. The SMILES string of the molecule is Cc1cc(-c2ccccc2)c(C(O)C(=O)Nc2ccc3c(c2)OCC2CN(c4ncc(F)cn4)CCN32)n1C. The molecule has 1 amide bonds. The Balaban J connectivity index is 1.17. The maximum Gasteiger partial charge on any atom is 0.259 e. The number of aromatic nitrogens is 3. The number of aliphatic hydroxyl groups excluding tert-OH is 1. The number of fused-ring (bicyclic) bond motifs is 3. The number of ether oxygens (including phenoxy) is 1. The average Bonchev–Trinajstić information content (AvgIpc) is 3.26. The zero-order valence-electron chi connectivity index (χ0n) is 21.7. The molecule has 2 aromatic carbocycles. The fourth-order valence-corrected chi connectivity index (χ4v) is 5.36. The Bertz CT molecular complexity index is 1510. The molecule has 2 atom stereocenters. The summed E-state index contributed by atoms with van der Waals surface area (Å²) < 4.78 is 21.1. The molecule has 0 aliphatic carbocycles. The van der Waals surface area contributed by atoms with Gasteiger partial charge in [0.1, 0.15) is 12.4 Å². The molecule has 0 radical (unpaired) electrons. The van der Waals surface area contributed by atoms with E-state index in [2.05, 4.69) is 20.2 Å². The van der Waals surface area contributed by atoms with E-state index in [0.29, 0.717) is 42.8 Å². The van der Waals surface area contributed by atoms with Crippen LogP contribution in [0, 0.1) is 12.7 Å². The first kappa shape index (κ1) is 24.9. The number of hydrogen-bond donors (Lipinski definition) is 2. The standard InChI is InChI=1S/C29H29FN6O3/c1-18-12-23(19-6-4-3-5-7-19)26(34(18)2)27(37)28(38)33-21-8-9-24-25(13-21)39-17-22-16-35(10-11-36(22)24)29-31-14-20(30)15-32-29/h3-9,12-15,22,27,37H,10-11,16-17H2,1-2H3,(H,33,38). The summed E-state index contributed by atoms with van der Waals surface area (Å²) in [5.74, 6) is 0.195. The molecular weight excluding hydrogens is 499 g/mol. The quantitative estimate of drug-likeness (QED) is 0.408. The van der Waals surface area contributed by atoms with Crippen LogP contribution in [-0.2, 0) is 11.8 Å². The Morgan fingerprint density at radius 2 is 1.90 bits per heavy atom. The van der Waals surface area contributed by atoms with Crippen molar-refractivity contribution in [2.75, 3.05) is 41.4 Å². The van der Waals surface area contributed by atoms with Crippen molar-refractivity contribution >= 4 is 23.2 Å². The maximum absolute atomic E-state index is 13.2. The lowest BCUT2D eigenvalue weighted by molar-refractivity contribution is -0.124. The van der Waals surface area contributed by atoms with Crippen molar-refractivity contribution in [3.05, 3.63) is 84.2 Å². The highest BCUT2D eigenvalue weighted by Gasteiger charge is 2.34. The van der Waals surface area contributed by atoms with E-state index in [1.165, 1.54) is 12.4 Å². The highest BCUT2D eigenvalue weighted by molar-refractivity contribution is 5.96. The van der Waals surface area contributed by atoms with Crippen molar-refractivity contribution in [3.63, 3.8) is 0 Å². The fraction of sp³-hybridized carbons (Fsp3) is 0.276. The van der Waals surface area contributed by atoms with Gasteiger partial charge >= 0.3 is 0 Å². The molecule has 0 bridgehead atoms. The number of amides is 1. The van der Waals surface area contributed by atoms with Gasteiger partial charge in [0, 0.05) is 49.7 Å². The van der Waals surface area contributed by atoms with E-state index in [1.807, 2.05) is 72.0 Å². The number of piperazine rings is 1. The second kappa shape index (κ2) is 10.0. The smallest absolute Gasteiger partial charge is 0.259 e. The van der Waals surface area contributed by atoms with E-state index < -0.39 is 17.8 Å². The molecule has 0 spiro atoms. The van der Waals surface area contributed by atoms with Crippen molar-refractivity contribution in [2.45, 2.75) is 19.1 Å². The van der Waals surface area contributed by atoms with Crippen LogP contribution in [0.1, 0.15) is 17.5 Å². The molecule has 6 rings (SSSR count). The van der Waals surface area contributed by atoms with Crippen molar-refractivity contribution in [1.82, 2.24) is 14.5 Å². The predicted molar refractivity (Wildman–Crippen MR) is 146 cm³/mol. The number of anilines is 3. The molecule has 2 aliphatic heterocycles. The molecule has 2 aliphatic rings. The third-order valence-corrected chi connectivity index (χ3v) is 7.45. The molecule has 2 N–H and O–H groups in total. The number of benzene rings is 2. The Morgan fingerprint density at radius 3 is 2.67 bits per heavy atom. The fourth-order valence-electron chi connectivity index (χ4n) is 5.36. The van der Waals surface area contributed by atoms with Gasteiger partial charge in [-0.2, -0.15) is 0 Å². The van der Waals surface area contributed by atoms with Gasteiger partial charge in [0.05, 0.1) is 29.8 Å². The zero-order chi connectivity index (χ0) is 27.1. The number of nitrogens with zero attached hydrogens (tertiary/aromatic N) is 5. The summed E-state index contributed by atoms with van der Waals surface area (Å²) >= 11 is 0. The van der Waals surface area contributed by atoms with Crippen LogP contribution in [0.25, 0.3) is 11.1 Å². The summed E-state index contributed by atoms with van der Waals surface area (Å²) in [4.78, 5) is 25.7. The molecule has 1 saturated heterocycles. The maximum atomic E-state index is 13.2. The van der Waals surface area contributed by atoms with Gasteiger partial charge in [-0.3, -0.25) is 4.79 Å². The lowest BCUT2D eigenvalue weighted by Crippen LogP contribution is -2.57. The molecule has 10 heteroatoms. The molecule has 4 aromatic rings. The van der Waals surface area contributed by atoms with Gasteiger partial charge < -0.3 is 29.5 Å². The molecule has 2 unspecified atom stereocenters. The summed E-state index contributed by atoms with van der Waals surface area (Å²) in [5, 5.41) is 14.0. The van der Waals surface area contributed by atoms with Crippen LogP contribution in [0.3, 0.4) is 0 Å². The molecule has 0 saturated carbocycles. The summed E-state index contributed by atoms with van der Waals surface area (Å²) in [5.41, 5.74) is 4.72. The zero-order valence-corrected chi connectivity index (χ0v) is 21.7. The number of halogens is 1. The first-order valence-electron chi connectivity index (χ1n) is 12.9. The van der Waals surface area contributed by atoms with Gasteiger partial charge in [-0.05, 0) is 30.7 Å². The third kappa shape index (κ3) is 4.67. The minimum atomic E-state index is -1.36. The van der Waals surface area contributed by atoms with Crippen LogP contribution in [-0.4, -0.2) is 57.8 Å². The van der Waals surface area contributed by atoms with E-state index in [1.54, 1.807) is 6.07 Å². The summed E-state index contributed by atoms with van der Waals surface area (Å²) in [6.07, 6.45) is 0.993. The second-order valence-electron chi connectivity index (χ2n) is 9.89. The third-order valence-electron chi connectivity index (χ3n) is 7.45. The molecule has 2 aromatic heterocycles. The average molecular weight is 529 g/mol. The first-order valence-corrected chi connectivity index (χ1v) is 12.9. The second-order valence-corrected chi connectivity index (χ2v) is 9.89. The molecule has 39 heavy (non-hydrogen) atoms. The monoisotopic (exact) mass is 528 g/mol. The Morgan fingerprint density at radius 1 is 1.13 bits per heavy atom. The topological polar surface area (TPSA) is 95.8 Å². The first-order chi connectivity index (χ1) is 18.9. The number of rotatable bonds is 5. The predicted octanol–water partition coefficient (Wildman–Crippen LogP) is 3.69. The van der Waals surface area contributed by atoms with Gasteiger partial charge in [0.25, 0.3) is 5.91 Å². The normalized spacial score (nSPS) is 17.2. The largest absolute Gasteiger partial charge is 0.489 e. The minimum Gasteiger partial charge on any atom is -0.489 e. The van der Waals surface area contributed by atoms with Gasteiger partial charge in [-0.1, -0.05) is 30.3 Å². The Kier molecular flexibility index (Phi) is 6.40. The number of aliphatic hydroxyl groups is 1. The van der Waals surface area contributed by atoms with Crippen LogP contribution in [0.15, 0.2) is 67.0 Å². The lowest BCUT2D eigenvalue weighted by Gasteiger charge is -2.45. The highest BCUT2D eigenvalue weighted by Crippen LogP contribution is 2.38. The van der Waals surface area contributed by atoms with E-state index in [4.69, 9.17) is 4.74 Å². The van der Waals surface area contributed by atoms with E-state index in [-0.39, 0.29) is 6.04 Å². The van der Waals surface area contributed by atoms with Crippen molar-refractivity contribution in [1.29, 1.82) is 0 Å². The minimum absolute atomic E-state index is 0.0826. The van der Waals surface area contributed by atoms with Crippen molar-refractivity contribution in [3.8, 4) is 16.9 Å². The van der Waals surface area contributed by atoms with Crippen LogP contribution >= 0.6 is 0 Å². The molecular formula is C29H29FN6O3. The summed E-state index contributed by atoms with van der Waals surface area (Å²) in [6, 6.07) is 17.3. The van der Waals surface area contributed by atoms with E-state index in [0.717, 1.165) is 29.1 Å². The molecule has 9 nitrogen and oxygen atoms in total. The Labute approximate surface area is 225 Å². The van der Waals surface area contributed by atoms with Gasteiger partial charge in [0.2, 0.25) is 5.95 Å².